The maximum Gasteiger partial charge on any atom is 0.200 e. The number of hydrogen-bond acceptors (Lipinski definition) is 4. The quantitative estimate of drug-likeness (QED) is 0.657. The molecule has 5 heteroatoms. The van der Waals surface area contributed by atoms with Gasteiger partial charge in [0.15, 0.2) is 11.5 Å². The molecule has 0 bridgehead atoms. The highest BCUT2D eigenvalue weighted by Crippen LogP contribution is 2.37. The Kier molecular flexibility index (Phi) is 3.62. The number of phenolic OH excluding ortho intramolecular Hbond substituents is 3. The summed E-state index contributed by atoms with van der Waals surface area (Å²) in [5, 5.41) is 31.4. The monoisotopic (exact) mass is 309 g/mol. The lowest BCUT2D eigenvalue weighted by Gasteiger charge is -2.10. The van der Waals surface area contributed by atoms with Crippen molar-refractivity contribution in [2.75, 3.05) is 5.32 Å². The normalized spacial score (nSPS) is 10.3. The first-order valence-electron chi connectivity index (χ1n) is 5.30. The molecule has 0 fully saturated rings. The second-order valence-corrected chi connectivity index (χ2v) is 4.72. The van der Waals surface area contributed by atoms with Gasteiger partial charge in [-0.25, -0.2) is 0 Å². The van der Waals surface area contributed by atoms with Gasteiger partial charge in [0.2, 0.25) is 5.75 Å². The molecule has 4 nitrogen and oxygen atoms in total. The molecule has 4 N–H and O–H groups in total. The zero-order chi connectivity index (χ0) is 13.1. The molecule has 0 aliphatic carbocycles. The van der Waals surface area contributed by atoms with Crippen molar-refractivity contribution in [1.29, 1.82) is 0 Å². The summed E-state index contributed by atoms with van der Waals surface area (Å²) in [5.41, 5.74) is 1.39. The lowest BCUT2D eigenvalue weighted by molar-refractivity contribution is 0.365. The third-order valence-electron chi connectivity index (χ3n) is 2.52. The third-order valence-corrected chi connectivity index (χ3v) is 3.01. The number of phenols is 3. The molecular weight excluding hydrogens is 298 g/mol. The van der Waals surface area contributed by atoms with E-state index in [-0.39, 0.29) is 11.5 Å². The van der Waals surface area contributed by atoms with E-state index < -0.39 is 5.75 Å². The molecule has 94 valence electrons. The van der Waals surface area contributed by atoms with E-state index in [9.17, 15) is 15.3 Å². The van der Waals surface area contributed by atoms with Gasteiger partial charge in [-0.3, -0.25) is 0 Å². The molecular formula is C13H12BrNO3. The molecule has 0 aliphatic heterocycles. The van der Waals surface area contributed by atoms with E-state index in [1.54, 1.807) is 6.07 Å². The molecule has 0 saturated carbocycles. The van der Waals surface area contributed by atoms with Crippen LogP contribution < -0.4 is 5.32 Å². The van der Waals surface area contributed by atoms with Crippen molar-refractivity contribution in [1.82, 2.24) is 0 Å². The van der Waals surface area contributed by atoms with Gasteiger partial charge in [0.05, 0.1) is 0 Å². The van der Waals surface area contributed by atoms with Crippen LogP contribution in [0.1, 0.15) is 5.56 Å². The lowest BCUT2D eigenvalue weighted by Crippen LogP contribution is -1.99. The van der Waals surface area contributed by atoms with E-state index in [2.05, 4.69) is 21.2 Å². The highest BCUT2D eigenvalue weighted by atomic mass is 79.9. The number of rotatable bonds is 3. The molecule has 0 amide bonds. The summed E-state index contributed by atoms with van der Waals surface area (Å²) in [5.74, 6) is -1.14. The number of hydrogen-bond donors (Lipinski definition) is 4. The van der Waals surface area contributed by atoms with Crippen molar-refractivity contribution in [2.45, 2.75) is 6.54 Å². The molecule has 18 heavy (non-hydrogen) atoms. The molecule has 0 spiro atoms. The fourth-order valence-corrected chi connectivity index (χ4v) is 1.95. The Labute approximate surface area is 113 Å². The molecule has 0 aromatic heterocycles. The van der Waals surface area contributed by atoms with Crippen LogP contribution in [0.4, 0.5) is 5.69 Å². The Balaban J connectivity index is 2.14. The fraction of sp³-hybridized carbons (Fsp3) is 0.0769. The topological polar surface area (TPSA) is 72.7 Å². The first-order valence-corrected chi connectivity index (χ1v) is 6.09. The van der Waals surface area contributed by atoms with Crippen LogP contribution in [0.5, 0.6) is 17.2 Å². The number of nitrogens with one attached hydrogen (secondary N) is 1. The van der Waals surface area contributed by atoms with E-state index in [0.717, 1.165) is 10.2 Å². The summed E-state index contributed by atoms with van der Waals surface area (Å²) >= 11 is 3.36. The van der Waals surface area contributed by atoms with Gasteiger partial charge in [-0.05, 0) is 30.3 Å². The van der Waals surface area contributed by atoms with Gasteiger partial charge in [-0.1, -0.05) is 22.0 Å². The van der Waals surface area contributed by atoms with Gasteiger partial charge in [-0.2, -0.15) is 0 Å². The Hall–Kier alpha value is -1.88. The van der Waals surface area contributed by atoms with Gasteiger partial charge in [0, 0.05) is 22.3 Å². The molecule has 2 aromatic carbocycles. The van der Waals surface area contributed by atoms with Gasteiger partial charge in [0.25, 0.3) is 0 Å². The molecule has 0 unspecified atom stereocenters. The van der Waals surface area contributed by atoms with E-state index in [4.69, 9.17) is 0 Å². The van der Waals surface area contributed by atoms with Crippen molar-refractivity contribution in [2.24, 2.45) is 0 Å². The molecule has 2 rings (SSSR count). The number of aromatic hydroxyl groups is 3. The Morgan fingerprint density at radius 1 is 1.00 bits per heavy atom. The molecule has 0 heterocycles. The second kappa shape index (κ2) is 5.18. The van der Waals surface area contributed by atoms with Gasteiger partial charge < -0.3 is 20.6 Å². The van der Waals surface area contributed by atoms with Crippen LogP contribution >= 0.6 is 15.9 Å². The summed E-state index contributed by atoms with van der Waals surface area (Å²) in [6.07, 6.45) is 0. The predicted octanol–water partition coefficient (Wildman–Crippen LogP) is 3.18. The minimum absolute atomic E-state index is 0.308. The minimum atomic E-state index is -0.497. The van der Waals surface area contributed by atoms with Crippen molar-refractivity contribution in [3.63, 3.8) is 0 Å². The number of anilines is 1. The van der Waals surface area contributed by atoms with Crippen molar-refractivity contribution in [3.8, 4) is 17.2 Å². The largest absolute Gasteiger partial charge is 0.504 e. The molecule has 0 saturated heterocycles. The Morgan fingerprint density at radius 3 is 2.50 bits per heavy atom. The SMILES string of the molecule is Oc1ccc(CNc2cccc(Br)c2)c(O)c1O. The van der Waals surface area contributed by atoms with E-state index in [1.165, 1.54) is 6.07 Å². The highest BCUT2D eigenvalue weighted by Gasteiger charge is 2.10. The minimum Gasteiger partial charge on any atom is -0.504 e. The smallest absolute Gasteiger partial charge is 0.200 e. The fourth-order valence-electron chi connectivity index (χ4n) is 1.55. The third kappa shape index (κ3) is 2.68. The highest BCUT2D eigenvalue weighted by molar-refractivity contribution is 9.10. The molecule has 2 aromatic rings. The van der Waals surface area contributed by atoms with Crippen LogP contribution in [-0.4, -0.2) is 15.3 Å². The maximum absolute atomic E-state index is 9.65. The van der Waals surface area contributed by atoms with Crippen molar-refractivity contribution < 1.29 is 15.3 Å². The standard InChI is InChI=1S/C13H12BrNO3/c14-9-2-1-3-10(6-9)15-7-8-4-5-11(16)13(18)12(8)17/h1-6,15-18H,7H2. The molecule has 0 atom stereocenters. The first kappa shape index (κ1) is 12.6. The summed E-state index contributed by atoms with van der Waals surface area (Å²) < 4.78 is 0.949. The van der Waals surface area contributed by atoms with Crippen LogP contribution in [0.3, 0.4) is 0 Å². The van der Waals surface area contributed by atoms with Crippen LogP contribution in [0.15, 0.2) is 40.9 Å². The van der Waals surface area contributed by atoms with Gasteiger partial charge in [-0.15, -0.1) is 0 Å². The summed E-state index contributed by atoms with van der Waals surface area (Å²) in [4.78, 5) is 0. The lowest BCUT2D eigenvalue weighted by atomic mass is 10.1. The van der Waals surface area contributed by atoms with Crippen LogP contribution in [-0.2, 0) is 6.54 Å². The van der Waals surface area contributed by atoms with Crippen molar-refractivity contribution >= 4 is 21.6 Å². The summed E-state index contributed by atoms with van der Waals surface area (Å²) in [7, 11) is 0. The van der Waals surface area contributed by atoms with E-state index >= 15 is 0 Å². The molecule has 0 radical (unpaired) electrons. The zero-order valence-electron chi connectivity index (χ0n) is 9.39. The average Bonchev–Trinajstić information content (AvgIpc) is 2.35. The summed E-state index contributed by atoms with van der Waals surface area (Å²) in [6.45, 7) is 0.343. The molecule has 0 aliphatic rings. The Bertz CT molecular complexity index is 572. The first-order chi connectivity index (χ1) is 8.58. The van der Waals surface area contributed by atoms with Gasteiger partial charge in [0.1, 0.15) is 0 Å². The predicted molar refractivity (Wildman–Crippen MR) is 72.9 cm³/mol. The number of halogens is 1. The summed E-state index contributed by atoms with van der Waals surface area (Å²) in [6, 6.07) is 10.5. The Morgan fingerprint density at radius 2 is 1.78 bits per heavy atom. The average molecular weight is 310 g/mol. The maximum atomic E-state index is 9.65. The van der Waals surface area contributed by atoms with Crippen LogP contribution in [0, 0.1) is 0 Å². The van der Waals surface area contributed by atoms with E-state index in [0.29, 0.717) is 12.1 Å². The van der Waals surface area contributed by atoms with Gasteiger partial charge >= 0.3 is 0 Å². The van der Waals surface area contributed by atoms with Crippen molar-refractivity contribution in [3.05, 3.63) is 46.4 Å². The van der Waals surface area contributed by atoms with E-state index in [1.807, 2.05) is 24.3 Å². The second-order valence-electron chi connectivity index (χ2n) is 3.80. The van der Waals surface area contributed by atoms with Crippen LogP contribution in [0.25, 0.3) is 0 Å². The zero-order valence-corrected chi connectivity index (χ0v) is 11.0. The number of benzene rings is 2. The van der Waals surface area contributed by atoms with Crippen LogP contribution in [0.2, 0.25) is 0 Å².